The molecule has 3 aromatic rings. The van der Waals surface area contributed by atoms with Crippen LogP contribution in [0.4, 0.5) is 11.4 Å². The van der Waals surface area contributed by atoms with E-state index in [9.17, 15) is 9.59 Å². The number of aromatic nitrogens is 2. The number of amides is 1. The molecule has 1 amide bonds. The van der Waals surface area contributed by atoms with Crippen LogP contribution < -0.4 is 15.8 Å². The van der Waals surface area contributed by atoms with Crippen molar-refractivity contribution in [2.75, 3.05) is 10.2 Å². The second-order valence-corrected chi connectivity index (χ2v) is 6.72. The van der Waals surface area contributed by atoms with Crippen molar-refractivity contribution >= 4 is 22.9 Å². The maximum absolute atomic E-state index is 12.5. The lowest BCUT2D eigenvalue weighted by atomic mass is 10.1. The van der Waals surface area contributed by atoms with Gasteiger partial charge in [0, 0.05) is 24.7 Å². The second-order valence-electron chi connectivity index (χ2n) is 6.72. The van der Waals surface area contributed by atoms with Gasteiger partial charge in [-0.1, -0.05) is 18.2 Å². The summed E-state index contributed by atoms with van der Waals surface area (Å²) in [6.07, 6.45) is 2.12. The van der Waals surface area contributed by atoms with Crippen molar-refractivity contribution in [3.05, 3.63) is 70.3 Å². The minimum absolute atomic E-state index is 0.00391. The van der Waals surface area contributed by atoms with Gasteiger partial charge in [0.15, 0.2) is 0 Å². The Morgan fingerprint density at radius 3 is 2.85 bits per heavy atom. The highest BCUT2D eigenvalue weighted by Crippen LogP contribution is 2.32. The molecule has 4 rings (SSSR count). The van der Waals surface area contributed by atoms with Crippen LogP contribution >= 0.6 is 0 Å². The minimum Gasteiger partial charge on any atom is -0.361 e. The average molecular weight is 348 g/mol. The van der Waals surface area contributed by atoms with Crippen molar-refractivity contribution in [2.24, 2.45) is 0 Å². The zero-order chi connectivity index (χ0) is 18.3. The van der Waals surface area contributed by atoms with E-state index in [1.165, 1.54) is 0 Å². The van der Waals surface area contributed by atoms with Gasteiger partial charge in [-0.15, -0.1) is 0 Å². The van der Waals surface area contributed by atoms with Crippen LogP contribution in [-0.4, -0.2) is 21.3 Å². The monoisotopic (exact) mass is 348 g/mol. The number of fused-ring (bicyclic) bond motifs is 2. The molecular weight excluding hydrogens is 328 g/mol. The molecule has 2 aromatic heterocycles. The molecule has 1 atom stereocenters. The van der Waals surface area contributed by atoms with Gasteiger partial charge in [0.2, 0.25) is 5.91 Å². The average Bonchev–Trinajstić information content (AvgIpc) is 2.72. The van der Waals surface area contributed by atoms with E-state index in [1.54, 1.807) is 16.7 Å². The van der Waals surface area contributed by atoms with E-state index in [1.807, 2.05) is 50.2 Å². The summed E-state index contributed by atoms with van der Waals surface area (Å²) in [7, 11) is 0. The first-order chi connectivity index (χ1) is 12.5. The molecular formula is C20H20N4O2. The Hall–Kier alpha value is -3.15. The Balaban J connectivity index is 1.79. The number of nitrogens with one attached hydrogen (secondary N) is 1. The smallest absolute Gasteiger partial charge is 0.258 e. The van der Waals surface area contributed by atoms with E-state index in [0.29, 0.717) is 24.3 Å². The van der Waals surface area contributed by atoms with Crippen LogP contribution in [0.3, 0.4) is 0 Å². The fourth-order valence-corrected chi connectivity index (χ4v) is 3.45. The molecule has 0 bridgehead atoms. The van der Waals surface area contributed by atoms with Crippen molar-refractivity contribution in [3.8, 4) is 0 Å². The zero-order valence-electron chi connectivity index (χ0n) is 14.8. The number of aryl methyl sites for hydroxylation is 1. The van der Waals surface area contributed by atoms with Gasteiger partial charge in [-0.2, -0.15) is 0 Å². The summed E-state index contributed by atoms with van der Waals surface area (Å²) in [5.74, 6) is -0.00478. The zero-order valence-corrected chi connectivity index (χ0v) is 14.8. The number of rotatable bonds is 2. The van der Waals surface area contributed by atoms with Crippen molar-refractivity contribution < 1.29 is 4.79 Å². The number of carbonyl (C=O) groups excluding carboxylic acids is 1. The number of anilines is 2. The molecule has 0 saturated heterocycles. The molecule has 6 heteroatoms. The highest BCUT2D eigenvalue weighted by molar-refractivity contribution is 5.96. The lowest BCUT2D eigenvalue weighted by Gasteiger charge is -2.29. The van der Waals surface area contributed by atoms with Crippen molar-refractivity contribution in [1.29, 1.82) is 0 Å². The molecule has 0 unspecified atom stereocenters. The standard InChI is InChI=1S/C20H20N4O2/c1-13-6-5-9-23-19(26)11-15(21-20(13)23)12-24-14(2)10-18(25)22-16-7-3-4-8-17(16)24/h3-9,11,14H,10,12H2,1-2H3,(H,22,25)/t14-/m1/s1. The van der Waals surface area contributed by atoms with Crippen LogP contribution in [-0.2, 0) is 11.3 Å². The van der Waals surface area contributed by atoms with Crippen LogP contribution in [0.1, 0.15) is 24.6 Å². The summed E-state index contributed by atoms with van der Waals surface area (Å²) in [4.78, 5) is 31.4. The topological polar surface area (TPSA) is 66.7 Å². The molecule has 26 heavy (non-hydrogen) atoms. The summed E-state index contributed by atoms with van der Waals surface area (Å²) in [5, 5.41) is 2.95. The predicted octanol–water partition coefficient (Wildman–Crippen LogP) is 2.74. The Morgan fingerprint density at radius 2 is 2.00 bits per heavy atom. The van der Waals surface area contributed by atoms with Gasteiger partial charge < -0.3 is 10.2 Å². The summed E-state index contributed by atoms with van der Waals surface area (Å²) in [5.41, 5.74) is 3.94. The van der Waals surface area contributed by atoms with Gasteiger partial charge in [0.25, 0.3) is 5.56 Å². The Kier molecular flexibility index (Phi) is 3.95. The number of benzene rings is 1. The number of carbonyl (C=O) groups is 1. The molecule has 1 N–H and O–H groups in total. The van der Waals surface area contributed by atoms with Crippen LogP contribution in [0.5, 0.6) is 0 Å². The van der Waals surface area contributed by atoms with Gasteiger partial charge in [-0.3, -0.25) is 14.0 Å². The summed E-state index contributed by atoms with van der Waals surface area (Å²) >= 11 is 0. The van der Waals surface area contributed by atoms with Gasteiger partial charge in [-0.05, 0) is 37.6 Å². The third kappa shape index (κ3) is 2.83. The molecule has 0 saturated carbocycles. The predicted molar refractivity (Wildman–Crippen MR) is 102 cm³/mol. The van der Waals surface area contributed by atoms with Gasteiger partial charge in [-0.25, -0.2) is 4.98 Å². The number of hydrogen-bond acceptors (Lipinski definition) is 4. The van der Waals surface area contributed by atoms with Crippen molar-refractivity contribution in [1.82, 2.24) is 9.38 Å². The highest BCUT2D eigenvalue weighted by Gasteiger charge is 2.25. The molecule has 6 nitrogen and oxygen atoms in total. The third-order valence-corrected chi connectivity index (χ3v) is 4.77. The van der Waals surface area contributed by atoms with Crippen LogP contribution in [0.15, 0.2) is 53.5 Å². The normalized spacial score (nSPS) is 16.9. The Labute approximate surface area is 151 Å². The van der Waals surface area contributed by atoms with E-state index < -0.39 is 0 Å². The number of hydrogen-bond donors (Lipinski definition) is 1. The van der Waals surface area contributed by atoms with E-state index in [2.05, 4.69) is 10.2 Å². The third-order valence-electron chi connectivity index (χ3n) is 4.77. The molecule has 132 valence electrons. The van der Waals surface area contributed by atoms with Crippen LogP contribution in [0.2, 0.25) is 0 Å². The van der Waals surface area contributed by atoms with Crippen LogP contribution in [0.25, 0.3) is 5.65 Å². The van der Waals surface area contributed by atoms with Crippen LogP contribution in [0, 0.1) is 6.92 Å². The summed E-state index contributed by atoms with van der Waals surface area (Å²) < 4.78 is 1.56. The first kappa shape index (κ1) is 16.3. The van der Waals surface area contributed by atoms with E-state index >= 15 is 0 Å². The van der Waals surface area contributed by atoms with E-state index in [0.717, 1.165) is 16.9 Å². The lowest BCUT2D eigenvalue weighted by molar-refractivity contribution is -0.116. The highest BCUT2D eigenvalue weighted by atomic mass is 16.1. The molecule has 1 aromatic carbocycles. The maximum atomic E-state index is 12.5. The largest absolute Gasteiger partial charge is 0.361 e. The fraction of sp³-hybridized carbons (Fsp3) is 0.250. The first-order valence-electron chi connectivity index (χ1n) is 8.66. The molecule has 0 spiro atoms. The second kappa shape index (κ2) is 6.29. The molecule has 3 heterocycles. The fourth-order valence-electron chi connectivity index (χ4n) is 3.45. The van der Waals surface area contributed by atoms with Crippen molar-refractivity contribution in [2.45, 2.75) is 32.9 Å². The SMILES string of the molecule is Cc1cccn2c(=O)cc(CN3c4ccccc4NC(=O)C[C@H]3C)nc12. The molecule has 0 fully saturated rings. The Morgan fingerprint density at radius 1 is 1.19 bits per heavy atom. The van der Waals surface area contributed by atoms with Gasteiger partial charge in [0.05, 0.1) is 23.6 Å². The minimum atomic E-state index is -0.0985. The summed E-state index contributed by atoms with van der Waals surface area (Å²) in [6, 6.07) is 13.1. The lowest BCUT2D eigenvalue weighted by Crippen LogP contribution is -2.34. The van der Waals surface area contributed by atoms with Gasteiger partial charge in [0.1, 0.15) is 5.65 Å². The molecule has 0 radical (unpaired) electrons. The molecule has 1 aliphatic heterocycles. The number of para-hydroxylation sites is 2. The van der Waals surface area contributed by atoms with Gasteiger partial charge >= 0.3 is 0 Å². The summed E-state index contributed by atoms with van der Waals surface area (Å²) in [6.45, 7) is 4.42. The van der Waals surface area contributed by atoms with E-state index in [4.69, 9.17) is 4.98 Å². The maximum Gasteiger partial charge on any atom is 0.258 e. The first-order valence-corrected chi connectivity index (χ1v) is 8.66. The van der Waals surface area contributed by atoms with E-state index in [-0.39, 0.29) is 17.5 Å². The quantitative estimate of drug-likeness (QED) is 0.773. The number of pyridine rings is 1. The number of nitrogens with zero attached hydrogens (tertiary/aromatic N) is 3. The Bertz CT molecular complexity index is 1060. The van der Waals surface area contributed by atoms with Crippen molar-refractivity contribution in [3.63, 3.8) is 0 Å². The molecule has 1 aliphatic rings. The molecule has 0 aliphatic carbocycles.